The van der Waals surface area contributed by atoms with Crippen molar-refractivity contribution in [2.75, 3.05) is 5.32 Å². The summed E-state index contributed by atoms with van der Waals surface area (Å²) in [4.78, 5) is 21.2. The number of nitrogens with one attached hydrogen (secondary N) is 1. The average molecular weight is 307 g/mol. The monoisotopic (exact) mass is 306 g/mol. The van der Waals surface area contributed by atoms with Crippen LogP contribution in [0.3, 0.4) is 0 Å². The number of halogens is 1. The lowest BCUT2D eigenvalue weighted by Gasteiger charge is -2.08. The third-order valence-electron chi connectivity index (χ3n) is 2.84. The average Bonchev–Trinajstić information content (AvgIpc) is 2.45. The predicted octanol–water partition coefficient (Wildman–Crippen LogP) is 3.56. The molecule has 0 spiro atoms. The van der Waals surface area contributed by atoms with Crippen molar-refractivity contribution in [3.8, 4) is 0 Å². The smallest absolute Gasteiger partial charge is 0.335 e. The van der Waals surface area contributed by atoms with Gasteiger partial charge >= 0.3 is 5.97 Å². The lowest BCUT2D eigenvalue weighted by atomic mass is 10.1. The fourth-order valence-corrected chi connectivity index (χ4v) is 1.94. The summed E-state index contributed by atoms with van der Waals surface area (Å²) >= 11 is 5.83. The molecule has 2 aromatic carbocycles. The molecule has 0 heterocycles. The first-order chi connectivity index (χ1) is 9.97. The van der Waals surface area contributed by atoms with Gasteiger partial charge in [-0.25, -0.2) is 4.79 Å². The number of rotatable bonds is 5. The fourth-order valence-electron chi connectivity index (χ4n) is 1.77. The van der Waals surface area contributed by atoms with Gasteiger partial charge in [-0.2, -0.15) is 0 Å². The number of hydrogen-bond acceptors (Lipinski definition) is 4. The number of nitro benzene ring substituents is 1. The van der Waals surface area contributed by atoms with Crippen LogP contribution in [0.4, 0.5) is 11.4 Å². The van der Waals surface area contributed by atoms with Crippen molar-refractivity contribution in [1.29, 1.82) is 0 Å². The first-order valence-corrected chi connectivity index (χ1v) is 6.35. The van der Waals surface area contributed by atoms with Gasteiger partial charge < -0.3 is 10.4 Å². The Morgan fingerprint density at radius 3 is 2.48 bits per heavy atom. The van der Waals surface area contributed by atoms with Crippen LogP contribution in [0.25, 0.3) is 0 Å². The van der Waals surface area contributed by atoms with E-state index in [1.807, 2.05) is 0 Å². The summed E-state index contributed by atoms with van der Waals surface area (Å²) in [6.07, 6.45) is 0. The van der Waals surface area contributed by atoms with Crippen LogP contribution in [0.15, 0.2) is 42.5 Å². The molecule has 0 unspecified atom stereocenters. The Kier molecular flexibility index (Phi) is 4.39. The molecule has 2 rings (SSSR count). The highest BCUT2D eigenvalue weighted by molar-refractivity contribution is 6.31. The molecule has 0 aromatic heterocycles. The molecule has 7 heteroatoms. The van der Waals surface area contributed by atoms with E-state index >= 15 is 0 Å². The Bertz CT molecular complexity index is 686. The van der Waals surface area contributed by atoms with Crippen LogP contribution in [0.5, 0.6) is 0 Å². The normalized spacial score (nSPS) is 10.1. The van der Waals surface area contributed by atoms with E-state index < -0.39 is 10.9 Å². The summed E-state index contributed by atoms with van der Waals surface area (Å²) in [6.45, 7) is 0.321. The summed E-state index contributed by atoms with van der Waals surface area (Å²) in [7, 11) is 0. The molecule has 6 nitrogen and oxygen atoms in total. The molecule has 0 fully saturated rings. The number of nitro groups is 1. The van der Waals surface area contributed by atoms with Gasteiger partial charge in [0, 0.05) is 17.6 Å². The van der Waals surface area contributed by atoms with Crippen molar-refractivity contribution < 1.29 is 14.8 Å². The van der Waals surface area contributed by atoms with Crippen molar-refractivity contribution >= 4 is 28.9 Å². The van der Waals surface area contributed by atoms with Gasteiger partial charge in [0.1, 0.15) is 5.69 Å². The van der Waals surface area contributed by atoms with Gasteiger partial charge in [-0.15, -0.1) is 0 Å². The number of anilines is 1. The van der Waals surface area contributed by atoms with E-state index in [2.05, 4.69) is 5.32 Å². The van der Waals surface area contributed by atoms with Crippen LogP contribution in [-0.4, -0.2) is 16.0 Å². The molecule has 0 atom stereocenters. The van der Waals surface area contributed by atoms with Crippen LogP contribution in [0, 0.1) is 10.1 Å². The number of aromatic carboxylic acids is 1. The Hall–Kier alpha value is -2.60. The zero-order valence-electron chi connectivity index (χ0n) is 10.7. The molecule has 2 aromatic rings. The Balaban J connectivity index is 2.14. The standard InChI is InChI=1S/C14H11ClN2O4/c15-11-5-6-13(17(20)21)12(7-11)16-8-9-1-3-10(4-2-9)14(18)19/h1-7,16H,8H2,(H,18,19). The second-order valence-electron chi connectivity index (χ2n) is 4.27. The Labute approximate surface area is 125 Å². The molecule has 108 valence electrons. The van der Waals surface area contributed by atoms with Crippen molar-refractivity contribution in [2.45, 2.75) is 6.54 Å². The maximum Gasteiger partial charge on any atom is 0.335 e. The van der Waals surface area contributed by atoms with Gasteiger partial charge in [-0.1, -0.05) is 23.7 Å². The van der Waals surface area contributed by atoms with Crippen LogP contribution >= 0.6 is 11.6 Å². The van der Waals surface area contributed by atoms with E-state index in [1.54, 1.807) is 12.1 Å². The van der Waals surface area contributed by atoms with Crippen LogP contribution < -0.4 is 5.32 Å². The number of carbonyl (C=O) groups is 1. The van der Waals surface area contributed by atoms with Crippen molar-refractivity contribution in [3.05, 3.63) is 68.7 Å². The molecule has 0 aliphatic carbocycles. The molecule has 2 N–H and O–H groups in total. The first kappa shape index (κ1) is 14.8. The summed E-state index contributed by atoms with van der Waals surface area (Å²) in [5.41, 5.74) is 1.23. The van der Waals surface area contributed by atoms with E-state index in [1.165, 1.54) is 30.3 Å². The van der Waals surface area contributed by atoms with Crippen LogP contribution in [0.1, 0.15) is 15.9 Å². The highest BCUT2D eigenvalue weighted by Gasteiger charge is 2.13. The largest absolute Gasteiger partial charge is 0.478 e. The van der Waals surface area contributed by atoms with Crippen molar-refractivity contribution in [1.82, 2.24) is 0 Å². The third-order valence-corrected chi connectivity index (χ3v) is 3.07. The summed E-state index contributed by atoms with van der Waals surface area (Å²) in [5.74, 6) is -1.00. The fraction of sp³-hybridized carbons (Fsp3) is 0.0714. The molecule has 0 amide bonds. The maximum absolute atomic E-state index is 10.9. The third kappa shape index (κ3) is 3.70. The maximum atomic E-state index is 10.9. The lowest BCUT2D eigenvalue weighted by molar-refractivity contribution is -0.384. The first-order valence-electron chi connectivity index (χ1n) is 5.97. The molecule has 0 aliphatic rings. The summed E-state index contributed by atoms with van der Waals surface area (Å²) < 4.78 is 0. The van der Waals surface area contributed by atoms with Gasteiger partial charge in [0.25, 0.3) is 5.69 Å². The van der Waals surface area contributed by atoms with Gasteiger partial charge in [0.2, 0.25) is 0 Å². The molecule has 0 bridgehead atoms. The van der Waals surface area contributed by atoms with Gasteiger partial charge in [0.05, 0.1) is 10.5 Å². The molecule has 0 radical (unpaired) electrons. The molecule has 0 saturated carbocycles. The van der Waals surface area contributed by atoms with E-state index in [0.29, 0.717) is 17.3 Å². The Morgan fingerprint density at radius 1 is 1.24 bits per heavy atom. The highest BCUT2D eigenvalue weighted by atomic mass is 35.5. The van der Waals surface area contributed by atoms with Gasteiger partial charge in [-0.05, 0) is 29.8 Å². The summed E-state index contributed by atoms with van der Waals surface area (Å²) in [5, 5.41) is 23.0. The minimum absolute atomic E-state index is 0.0680. The zero-order valence-corrected chi connectivity index (χ0v) is 11.5. The molecular weight excluding hydrogens is 296 g/mol. The number of carboxylic acids is 1. The van der Waals surface area contributed by atoms with Crippen molar-refractivity contribution in [3.63, 3.8) is 0 Å². The van der Waals surface area contributed by atoms with E-state index in [9.17, 15) is 14.9 Å². The van der Waals surface area contributed by atoms with Gasteiger partial charge in [0.15, 0.2) is 0 Å². The Morgan fingerprint density at radius 2 is 1.90 bits per heavy atom. The molecule has 21 heavy (non-hydrogen) atoms. The number of carboxylic acid groups (broad SMARTS) is 1. The van der Waals surface area contributed by atoms with E-state index in [-0.39, 0.29) is 11.3 Å². The SMILES string of the molecule is O=C(O)c1ccc(CNc2cc(Cl)ccc2[N+](=O)[O-])cc1. The second-order valence-corrected chi connectivity index (χ2v) is 4.71. The van der Waals surface area contributed by atoms with Crippen molar-refractivity contribution in [2.24, 2.45) is 0 Å². The molecule has 0 aliphatic heterocycles. The van der Waals surface area contributed by atoms with E-state index in [0.717, 1.165) is 5.56 Å². The van der Waals surface area contributed by atoms with E-state index in [4.69, 9.17) is 16.7 Å². The minimum atomic E-state index is -1.00. The molecular formula is C14H11ClN2O4. The summed E-state index contributed by atoms with van der Waals surface area (Å²) in [6, 6.07) is 10.5. The highest BCUT2D eigenvalue weighted by Crippen LogP contribution is 2.28. The van der Waals surface area contributed by atoms with Gasteiger partial charge in [-0.3, -0.25) is 10.1 Å². The topological polar surface area (TPSA) is 92.5 Å². The zero-order chi connectivity index (χ0) is 15.4. The lowest BCUT2D eigenvalue weighted by Crippen LogP contribution is -2.03. The van der Waals surface area contributed by atoms with Crippen LogP contribution in [-0.2, 0) is 6.54 Å². The number of hydrogen-bond donors (Lipinski definition) is 2. The quantitative estimate of drug-likeness (QED) is 0.651. The molecule has 0 saturated heterocycles. The minimum Gasteiger partial charge on any atom is -0.478 e. The number of benzene rings is 2. The second kappa shape index (κ2) is 6.23. The predicted molar refractivity (Wildman–Crippen MR) is 78.8 cm³/mol. The number of nitrogens with zero attached hydrogens (tertiary/aromatic N) is 1. The van der Waals surface area contributed by atoms with Crippen LogP contribution in [0.2, 0.25) is 5.02 Å².